The van der Waals surface area contributed by atoms with Crippen molar-refractivity contribution in [2.75, 3.05) is 20.3 Å². The summed E-state index contributed by atoms with van der Waals surface area (Å²) < 4.78 is 9.78. The quantitative estimate of drug-likeness (QED) is 0.402. The average molecular weight is 132 g/mol. The van der Waals surface area contributed by atoms with E-state index in [1.807, 2.05) is 0 Å². The van der Waals surface area contributed by atoms with E-state index < -0.39 is 6.41 Å². The summed E-state index contributed by atoms with van der Waals surface area (Å²) in [5.41, 5.74) is 0. The molecule has 0 aromatic rings. The Morgan fingerprint density at radius 3 is 2.67 bits per heavy atom. The number of hydrogen-bond acceptors (Lipinski definition) is 5. The fraction of sp³-hybridized carbons (Fsp3) is 1.00. The van der Waals surface area contributed by atoms with Gasteiger partial charge in [0.1, 0.15) is 7.11 Å². The summed E-state index contributed by atoms with van der Waals surface area (Å²) in [4.78, 5) is 4.30. The molecule has 0 N–H and O–H groups in total. The van der Waals surface area contributed by atoms with Crippen molar-refractivity contribution in [2.45, 2.75) is 6.41 Å². The smallest absolute Gasteiger partial charge is 0.280 e. The first-order valence-electron chi connectivity index (χ1n) is 2.60. The van der Waals surface area contributed by atoms with Crippen LogP contribution in [0.4, 0.5) is 0 Å². The molecular formula is C4H8N2O3. The van der Waals surface area contributed by atoms with E-state index in [9.17, 15) is 0 Å². The van der Waals surface area contributed by atoms with Gasteiger partial charge in [0.25, 0.3) is 6.41 Å². The van der Waals surface area contributed by atoms with Crippen molar-refractivity contribution in [3.63, 3.8) is 0 Å². The van der Waals surface area contributed by atoms with Crippen LogP contribution in [0.1, 0.15) is 0 Å². The zero-order valence-corrected chi connectivity index (χ0v) is 5.11. The van der Waals surface area contributed by atoms with Gasteiger partial charge in [0.15, 0.2) is 0 Å². The molecule has 1 heterocycles. The number of rotatable bonds is 2. The van der Waals surface area contributed by atoms with Gasteiger partial charge in [0, 0.05) is 5.28 Å². The molecule has 1 fully saturated rings. The fourth-order valence-electron chi connectivity index (χ4n) is 0.498. The fourth-order valence-corrected chi connectivity index (χ4v) is 0.498. The second kappa shape index (κ2) is 3.37. The zero-order chi connectivity index (χ0) is 6.53. The van der Waals surface area contributed by atoms with Crippen LogP contribution in [0.5, 0.6) is 0 Å². The van der Waals surface area contributed by atoms with E-state index in [2.05, 4.69) is 15.2 Å². The van der Waals surface area contributed by atoms with E-state index >= 15 is 0 Å². The van der Waals surface area contributed by atoms with Crippen molar-refractivity contribution in [1.82, 2.24) is 0 Å². The molecule has 1 aliphatic rings. The molecule has 0 aromatic heterocycles. The van der Waals surface area contributed by atoms with Crippen molar-refractivity contribution < 1.29 is 14.3 Å². The van der Waals surface area contributed by atoms with Gasteiger partial charge in [-0.25, -0.2) is 0 Å². The third-order valence-electron chi connectivity index (χ3n) is 0.827. The Kier molecular flexibility index (Phi) is 2.41. The molecule has 0 spiro atoms. The largest absolute Gasteiger partial charge is 0.383 e. The van der Waals surface area contributed by atoms with Crippen molar-refractivity contribution in [1.29, 1.82) is 0 Å². The lowest BCUT2D eigenvalue weighted by Gasteiger charge is -1.96. The van der Waals surface area contributed by atoms with Gasteiger partial charge < -0.3 is 14.3 Å². The van der Waals surface area contributed by atoms with E-state index in [-0.39, 0.29) is 0 Å². The Balaban J connectivity index is 2.18. The summed E-state index contributed by atoms with van der Waals surface area (Å²) in [5.74, 6) is 0. The van der Waals surface area contributed by atoms with Crippen LogP contribution in [0.15, 0.2) is 10.4 Å². The lowest BCUT2D eigenvalue weighted by Crippen LogP contribution is -2.01. The second-order valence-corrected chi connectivity index (χ2v) is 1.43. The first-order valence-corrected chi connectivity index (χ1v) is 2.60. The highest BCUT2D eigenvalue weighted by Crippen LogP contribution is 2.04. The van der Waals surface area contributed by atoms with Crippen LogP contribution in [-0.4, -0.2) is 26.7 Å². The van der Waals surface area contributed by atoms with Crippen molar-refractivity contribution >= 4 is 0 Å². The SMILES string of the molecule is CO/N=N\C1OCCO1. The molecule has 0 atom stereocenters. The standard InChI is InChI=1S/C4H8N2O3/c1-7-6-5-4-8-2-3-9-4/h4H,2-3H2,1H3/b6-5-. The van der Waals surface area contributed by atoms with E-state index in [4.69, 9.17) is 9.47 Å². The first kappa shape index (κ1) is 6.44. The maximum atomic E-state index is 4.89. The Labute approximate surface area is 52.6 Å². The van der Waals surface area contributed by atoms with Crippen LogP contribution in [-0.2, 0) is 14.3 Å². The normalized spacial score (nSPS) is 21.4. The Morgan fingerprint density at radius 2 is 2.11 bits per heavy atom. The van der Waals surface area contributed by atoms with Gasteiger partial charge in [-0.1, -0.05) is 5.11 Å². The van der Waals surface area contributed by atoms with Gasteiger partial charge >= 0.3 is 0 Å². The molecule has 0 bridgehead atoms. The van der Waals surface area contributed by atoms with Gasteiger partial charge in [-0.2, -0.15) is 0 Å². The lowest BCUT2D eigenvalue weighted by atomic mass is 10.8. The van der Waals surface area contributed by atoms with Crippen LogP contribution in [0, 0.1) is 0 Å². The summed E-state index contributed by atoms with van der Waals surface area (Å²) in [6, 6.07) is 0. The van der Waals surface area contributed by atoms with Gasteiger partial charge in [-0.15, -0.1) is 0 Å². The third-order valence-corrected chi connectivity index (χ3v) is 0.827. The van der Waals surface area contributed by atoms with Crippen LogP contribution >= 0.6 is 0 Å². The number of hydrogen-bond donors (Lipinski definition) is 0. The summed E-state index contributed by atoms with van der Waals surface area (Å²) >= 11 is 0. The summed E-state index contributed by atoms with van der Waals surface area (Å²) in [6.45, 7) is 1.15. The molecule has 0 unspecified atom stereocenters. The van der Waals surface area contributed by atoms with Gasteiger partial charge in [0.05, 0.1) is 13.2 Å². The minimum Gasteiger partial charge on any atom is -0.383 e. The summed E-state index contributed by atoms with van der Waals surface area (Å²) in [6.07, 6.45) is -0.551. The van der Waals surface area contributed by atoms with Crippen molar-refractivity contribution in [3.05, 3.63) is 0 Å². The van der Waals surface area contributed by atoms with Gasteiger partial charge in [0.2, 0.25) is 0 Å². The Bertz CT molecular complexity index is 100.0. The molecule has 1 saturated heterocycles. The molecule has 0 aliphatic carbocycles. The Hall–Kier alpha value is -0.680. The van der Waals surface area contributed by atoms with E-state index in [1.165, 1.54) is 7.11 Å². The molecule has 0 amide bonds. The number of nitrogens with zero attached hydrogens (tertiary/aromatic N) is 2. The highest BCUT2D eigenvalue weighted by atomic mass is 16.7. The molecule has 0 saturated carbocycles. The van der Waals surface area contributed by atoms with Crippen LogP contribution in [0.3, 0.4) is 0 Å². The monoisotopic (exact) mass is 132 g/mol. The molecule has 52 valence electrons. The maximum Gasteiger partial charge on any atom is 0.280 e. The van der Waals surface area contributed by atoms with E-state index in [1.54, 1.807) is 0 Å². The molecule has 0 radical (unpaired) electrons. The van der Waals surface area contributed by atoms with Gasteiger partial charge in [-0.3, -0.25) is 0 Å². The minimum atomic E-state index is -0.551. The van der Waals surface area contributed by atoms with Crippen molar-refractivity contribution in [3.8, 4) is 0 Å². The van der Waals surface area contributed by atoms with E-state index in [0.29, 0.717) is 13.2 Å². The first-order chi connectivity index (χ1) is 4.43. The molecule has 0 aromatic carbocycles. The lowest BCUT2D eigenvalue weighted by molar-refractivity contribution is -0.0486. The predicted molar refractivity (Wildman–Crippen MR) is 27.6 cm³/mol. The molecule has 1 rings (SSSR count). The third kappa shape index (κ3) is 1.95. The topological polar surface area (TPSA) is 52.4 Å². The van der Waals surface area contributed by atoms with Crippen molar-refractivity contribution in [2.24, 2.45) is 10.4 Å². The molecule has 1 aliphatic heterocycles. The van der Waals surface area contributed by atoms with Crippen LogP contribution in [0.2, 0.25) is 0 Å². The zero-order valence-electron chi connectivity index (χ0n) is 5.11. The van der Waals surface area contributed by atoms with Gasteiger partial charge in [-0.05, 0) is 0 Å². The second-order valence-electron chi connectivity index (χ2n) is 1.43. The summed E-state index contributed by atoms with van der Waals surface area (Å²) in [7, 11) is 1.42. The average Bonchev–Trinajstić information content (AvgIpc) is 2.34. The predicted octanol–water partition coefficient (Wildman–Crippen LogP) is 0.330. The molecular weight excluding hydrogens is 124 g/mol. The minimum absolute atomic E-state index is 0.551. The highest BCUT2D eigenvalue weighted by molar-refractivity contribution is 4.42. The Morgan fingerprint density at radius 1 is 1.44 bits per heavy atom. The van der Waals surface area contributed by atoms with Crippen LogP contribution in [0.25, 0.3) is 0 Å². The van der Waals surface area contributed by atoms with Crippen LogP contribution < -0.4 is 0 Å². The number of ether oxygens (including phenoxy) is 2. The maximum absolute atomic E-state index is 4.89. The molecule has 5 heteroatoms. The highest BCUT2D eigenvalue weighted by Gasteiger charge is 2.13. The molecule has 5 nitrogen and oxygen atoms in total. The summed E-state index contributed by atoms with van der Waals surface area (Å²) in [5, 5.41) is 6.73. The van der Waals surface area contributed by atoms with E-state index in [0.717, 1.165) is 0 Å². The molecule has 9 heavy (non-hydrogen) atoms.